The van der Waals surface area contributed by atoms with E-state index in [1.165, 1.54) is 17.0 Å². The fourth-order valence-electron chi connectivity index (χ4n) is 3.32. The molecule has 3 rings (SSSR count). The quantitative estimate of drug-likeness (QED) is 0.426. The first kappa shape index (κ1) is 22.9. The molecule has 2 amide bonds. The molecule has 1 saturated heterocycles. The van der Waals surface area contributed by atoms with Crippen LogP contribution in [0.15, 0.2) is 53.4 Å². The first-order valence-corrected chi connectivity index (χ1v) is 11.8. The third kappa shape index (κ3) is 5.90. The number of amides is 2. The highest BCUT2D eigenvalue weighted by molar-refractivity contribution is 7.89. The third-order valence-electron chi connectivity index (χ3n) is 5.06. The maximum Gasteiger partial charge on any atom is 0.251 e. The van der Waals surface area contributed by atoms with Gasteiger partial charge in [-0.05, 0) is 61.3 Å². The molecule has 0 unspecified atom stereocenters. The number of primary sulfonamides is 1. The van der Waals surface area contributed by atoms with Crippen molar-refractivity contribution in [2.45, 2.75) is 43.5 Å². The van der Waals surface area contributed by atoms with Crippen molar-refractivity contribution in [1.29, 1.82) is 0 Å². The lowest BCUT2D eigenvalue weighted by atomic mass is 10.1. The predicted molar refractivity (Wildman–Crippen MR) is 117 cm³/mol. The number of carbonyl (C=O) groups is 2. The second-order valence-electron chi connectivity index (χ2n) is 7.41. The van der Waals surface area contributed by atoms with Gasteiger partial charge in [-0.3, -0.25) is 9.59 Å². The van der Waals surface area contributed by atoms with Crippen molar-refractivity contribution in [2.75, 3.05) is 18.1 Å². The summed E-state index contributed by atoms with van der Waals surface area (Å²) in [5, 5.41) is 8.21. The van der Waals surface area contributed by atoms with Crippen molar-refractivity contribution in [3.63, 3.8) is 0 Å². The number of unbranched alkanes of at least 4 members (excludes halogenated alkanes) is 1. The van der Waals surface area contributed by atoms with Crippen molar-refractivity contribution in [2.24, 2.45) is 5.14 Å². The van der Waals surface area contributed by atoms with Gasteiger partial charge >= 0.3 is 0 Å². The van der Waals surface area contributed by atoms with Crippen LogP contribution in [0.4, 0.5) is 5.69 Å². The largest absolute Gasteiger partial charge is 0.494 e. The van der Waals surface area contributed by atoms with Crippen LogP contribution in [0.25, 0.3) is 0 Å². The van der Waals surface area contributed by atoms with Crippen molar-refractivity contribution in [1.82, 2.24) is 5.32 Å². The number of sulfonamides is 1. The van der Waals surface area contributed by atoms with Crippen molar-refractivity contribution in [3.05, 3.63) is 54.1 Å². The number of nitrogens with zero attached hydrogens (tertiary/aromatic N) is 1. The lowest BCUT2D eigenvalue weighted by Gasteiger charge is -2.16. The Kier molecular flexibility index (Phi) is 7.42. The van der Waals surface area contributed by atoms with E-state index in [1.54, 1.807) is 36.4 Å². The number of benzene rings is 2. The molecule has 2 aromatic carbocycles. The van der Waals surface area contributed by atoms with Gasteiger partial charge in [0.05, 0.1) is 29.7 Å². The molecule has 1 atom stereocenters. The number of nitrogens with one attached hydrogen (secondary N) is 1. The molecule has 0 spiro atoms. The minimum absolute atomic E-state index is 0.0539. The second-order valence-corrected chi connectivity index (χ2v) is 8.97. The standard InChI is InChI=1S/C22H27N3O5S/c1-2-3-14-30-18-8-6-17(7-9-18)25-21(26)15-20(22(25)27)24-13-12-16-4-10-19(11-5-16)31(23,28)29/h4-11,20,24H,2-3,12-15H2,1H3,(H2,23,28,29)/t20-/m1/s1. The van der Waals surface area contributed by atoms with Gasteiger partial charge < -0.3 is 10.1 Å². The molecule has 0 saturated carbocycles. The Bertz CT molecular complexity index is 1020. The SMILES string of the molecule is CCCCOc1ccc(N2C(=O)C[C@@H](NCCc3ccc(S(N)(=O)=O)cc3)C2=O)cc1. The van der Waals surface area contributed by atoms with Gasteiger partial charge in [0.2, 0.25) is 15.9 Å². The Balaban J connectivity index is 1.54. The summed E-state index contributed by atoms with van der Waals surface area (Å²) in [4.78, 5) is 26.4. The van der Waals surface area contributed by atoms with E-state index in [2.05, 4.69) is 12.2 Å². The number of hydrogen-bond acceptors (Lipinski definition) is 6. The average Bonchev–Trinajstić information content (AvgIpc) is 3.02. The molecule has 31 heavy (non-hydrogen) atoms. The molecule has 3 N–H and O–H groups in total. The number of imide groups is 1. The van der Waals surface area contributed by atoms with Crippen LogP contribution in [0, 0.1) is 0 Å². The first-order valence-electron chi connectivity index (χ1n) is 10.2. The highest BCUT2D eigenvalue weighted by Crippen LogP contribution is 2.25. The molecule has 1 aliphatic heterocycles. The van der Waals surface area contributed by atoms with E-state index in [1.807, 2.05) is 0 Å². The van der Waals surface area contributed by atoms with Gasteiger partial charge in [0, 0.05) is 0 Å². The summed E-state index contributed by atoms with van der Waals surface area (Å²) >= 11 is 0. The molecule has 0 aromatic heterocycles. The van der Waals surface area contributed by atoms with Gasteiger partial charge in [0.1, 0.15) is 5.75 Å². The maximum atomic E-state index is 12.7. The topological polar surface area (TPSA) is 119 Å². The van der Waals surface area contributed by atoms with Crippen LogP contribution in [0.5, 0.6) is 5.75 Å². The summed E-state index contributed by atoms with van der Waals surface area (Å²) in [6, 6.07) is 12.6. The van der Waals surface area contributed by atoms with E-state index in [9.17, 15) is 18.0 Å². The van der Waals surface area contributed by atoms with Gasteiger partial charge in [-0.15, -0.1) is 0 Å². The molecule has 9 heteroatoms. The van der Waals surface area contributed by atoms with E-state index in [4.69, 9.17) is 9.88 Å². The summed E-state index contributed by atoms with van der Waals surface area (Å²) in [5.41, 5.74) is 1.42. The molecular weight excluding hydrogens is 418 g/mol. The Morgan fingerprint density at radius 2 is 1.77 bits per heavy atom. The van der Waals surface area contributed by atoms with Crippen LogP contribution in [0.1, 0.15) is 31.7 Å². The summed E-state index contributed by atoms with van der Waals surface area (Å²) in [7, 11) is -3.72. The van der Waals surface area contributed by atoms with Crippen molar-refractivity contribution >= 4 is 27.5 Å². The van der Waals surface area contributed by atoms with Crippen LogP contribution < -0.4 is 20.1 Å². The van der Waals surface area contributed by atoms with Crippen LogP contribution in [-0.4, -0.2) is 39.4 Å². The summed E-state index contributed by atoms with van der Waals surface area (Å²) < 4.78 is 28.2. The molecular formula is C22H27N3O5S. The van der Waals surface area contributed by atoms with Gasteiger partial charge in [-0.25, -0.2) is 18.5 Å². The van der Waals surface area contributed by atoms with Crippen molar-refractivity contribution in [3.8, 4) is 5.75 Å². The van der Waals surface area contributed by atoms with Crippen LogP contribution in [0.2, 0.25) is 0 Å². The van der Waals surface area contributed by atoms with Gasteiger partial charge in [0.15, 0.2) is 0 Å². The van der Waals surface area contributed by atoms with Crippen LogP contribution >= 0.6 is 0 Å². The van der Waals surface area contributed by atoms with Crippen LogP contribution in [0.3, 0.4) is 0 Å². The van der Waals surface area contributed by atoms with E-state index < -0.39 is 16.1 Å². The maximum absolute atomic E-state index is 12.7. The van der Waals surface area contributed by atoms with Crippen molar-refractivity contribution < 1.29 is 22.7 Å². The van der Waals surface area contributed by atoms with Gasteiger partial charge in [-0.2, -0.15) is 0 Å². The normalized spacial score (nSPS) is 16.7. The molecule has 0 bridgehead atoms. The number of anilines is 1. The molecule has 1 fully saturated rings. The van der Waals surface area contributed by atoms with E-state index in [0.717, 1.165) is 18.4 Å². The van der Waals surface area contributed by atoms with E-state index in [-0.39, 0.29) is 23.1 Å². The highest BCUT2D eigenvalue weighted by Gasteiger charge is 2.39. The van der Waals surface area contributed by atoms with Gasteiger partial charge in [0.25, 0.3) is 5.91 Å². The zero-order valence-corrected chi connectivity index (χ0v) is 18.2. The Hall–Kier alpha value is -2.75. The average molecular weight is 446 g/mol. The number of rotatable bonds is 10. The molecule has 8 nitrogen and oxygen atoms in total. The Labute approximate surface area is 182 Å². The minimum Gasteiger partial charge on any atom is -0.494 e. The Morgan fingerprint density at radius 1 is 1.10 bits per heavy atom. The minimum atomic E-state index is -3.72. The highest BCUT2D eigenvalue weighted by atomic mass is 32.2. The Morgan fingerprint density at radius 3 is 2.39 bits per heavy atom. The number of hydrogen-bond donors (Lipinski definition) is 2. The van der Waals surface area contributed by atoms with E-state index >= 15 is 0 Å². The summed E-state index contributed by atoms with van der Waals surface area (Å²) in [6.07, 6.45) is 2.68. The fraction of sp³-hybridized carbons (Fsp3) is 0.364. The van der Waals surface area contributed by atoms with Crippen LogP contribution in [-0.2, 0) is 26.0 Å². The molecule has 2 aromatic rings. The first-order chi connectivity index (χ1) is 14.8. The predicted octanol–water partition coefficient (Wildman–Crippen LogP) is 1.98. The molecule has 166 valence electrons. The summed E-state index contributed by atoms with van der Waals surface area (Å²) in [6.45, 7) is 3.19. The second kappa shape index (κ2) is 10.0. The molecule has 1 heterocycles. The molecule has 0 aliphatic carbocycles. The number of nitrogens with two attached hydrogens (primary N) is 1. The summed E-state index contributed by atoms with van der Waals surface area (Å²) in [5.74, 6) is 0.174. The molecule has 1 aliphatic rings. The smallest absolute Gasteiger partial charge is 0.251 e. The van der Waals surface area contributed by atoms with Gasteiger partial charge in [-0.1, -0.05) is 25.5 Å². The van der Waals surface area contributed by atoms with E-state index in [0.29, 0.717) is 31.0 Å². The third-order valence-corrected chi connectivity index (χ3v) is 5.99. The lowest BCUT2D eigenvalue weighted by Crippen LogP contribution is -2.39. The number of ether oxygens (including phenoxy) is 1. The molecule has 0 radical (unpaired) electrons. The zero-order valence-electron chi connectivity index (χ0n) is 17.4. The number of carbonyl (C=O) groups excluding carboxylic acids is 2. The fourth-order valence-corrected chi connectivity index (χ4v) is 3.84. The zero-order chi connectivity index (χ0) is 22.4. The monoisotopic (exact) mass is 445 g/mol. The lowest BCUT2D eigenvalue weighted by molar-refractivity contribution is -0.121.